The zero-order chi connectivity index (χ0) is 29.3. The summed E-state index contributed by atoms with van der Waals surface area (Å²) in [5.74, 6) is -0.355. The Kier molecular flexibility index (Phi) is 7.60. The maximum atomic E-state index is 13.7. The van der Waals surface area contributed by atoms with Crippen molar-refractivity contribution in [1.82, 2.24) is 0 Å². The number of carbonyl (C=O) groups is 3. The molecule has 0 fully saturated rings. The Morgan fingerprint density at radius 1 is 0.902 bits per heavy atom. The van der Waals surface area contributed by atoms with Crippen LogP contribution in [0.25, 0.3) is 10.8 Å². The second-order valence-corrected chi connectivity index (χ2v) is 11.2. The van der Waals surface area contributed by atoms with Crippen LogP contribution >= 0.6 is 11.6 Å². The molecule has 0 spiro atoms. The molecule has 3 amide bonds. The first kappa shape index (κ1) is 28.0. The molecule has 0 aliphatic carbocycles. The maximum Gasteiger partial charge on any atom is 0.412 e. The Morgan fingerprint density at radius 3 is 2.22 bits per heavy atom. The van der Waals surface area contributed by atoms with E-state index in [1.54, 1.807) is 80.3 Å². The van der Waals surface area contributed by atoms with Gasteiger partial charge in [0.2, 0.25) is 0 Å². The molecular weight excluding hydrogens is 542 g/mol. The fourth-order valence-corrected chi connectivity index (χ4v) is 5.25. The van der Waals surface area contributed by atoms with Gasteiger partial charge in [0.25, 0.3) is 11.8 Å². The van der Waals surface area contributed by atoms with E-state index in [0.717, 1.165) is 10.9 Å². The summed E-state index contributed by atoms with van der Waals surface area (Å²) in [5, 5.41) is 17.7. The number of hydrogen-bond donors (Lipinski definition) is 3. The average Bonchev–Trinajstić information content (AvgIpc) is 3.30. The van der Waals surface area contributed by atoms with Gasteiger partial charge in [-0.15, -0.1) is 11.6 Å². The highest BCUT2D eigenvalue weighted by atomic mass is 35.5. The molecule has 41 heavy (non-hydrogen) atoms. The van der Waals surface area contributed by atoms with Crippen LogP contribution in [-0.2, 0) is 4.74 Å². The Morgan fingerprint density at radius 2 is 1.54 bits per heavy atom. The molecule has 1 aliphatic rings. The number of ether oxygens (including phenoxy) is 1. The Hall–Kier alpha value is -4.56. The monoisotopic (exact) mass is 571 g/mol. The molecular formula is C32H30ClN3O5. The molecule has 0 aromatic heterocycles. The number of nitrogens with one attached hydrogen (secondary N) is 2. The molecule has 4 aromatic rings. The average molecular weight is 572 g/mol. The number of aromatic hydroxyl groups is 1. The van der Waals surface area contributed by atoms with Gasteiger partial charge in [0, 0.05) is 52.3 Å². The number of phenolic OH excluding ortho intramolecular Hbond substituents is 1. The van der Waals surface area contributed by atoms with Crippen molar-refractivity contribution in [2.75, 3.05) is 28.0 Å². The van der Waals surface area contributed by atoms with Gasteiger partial charge in [-0.05, 0) is 68.1 Å². The van der Waals surface area contributed by atoms with E-state index in [2.05, 4.69) is 10.6 Å². The lowest BCUT2D eigenvalue weighted by atomic mass is 9.95. The lowest BCUT2D eigenvalue weighted by Gasteiger charge is -2.20. The molecule has 9 heteroatoms. The van der Waals surface area contributed by atoms with Crippen molar-refractivity contribution in [1.29, 1.82) is 0 Å². The molecule has 4 aromatic carbocycles. The minimum Gasteiger partial charge on any atom is -0.507 e. The predicted octanol–water partition coefficient (Wildman–Crippen LogP) is 7.13. The summed E-state index contributed by atoms with van der Waals surface area (Å²) in [6.45, 7) is 5.67. The number of hydrogen-bond acceptors (Lipinski definition) is 5. The first-order chi connectivity index (χ1) is 19.5. The number of carbonyl (C=O) groups excluding carboxylic acids is 3. The smallest absolute Gasteiger partial charge is 0.412 e. The molecule has 210 valence electrons. The van der Waals surface area contributed by atoms with E-state index in [1.165, 1.54) is 0 Å². The van der Waals surface area contributed by atoms with Crippen molar-refractivity contribution >= 4 is 57.3 Å². The van der Waals surface area contributed by atoms with Gasteiger partial charge in [0.1, 0.15) is 11.4 Å². The predicted molar refractivity (Wildman–Crippen MR) is 161 cm³/mol. The van der Waals surface area contributed by atoms with Gasteiger partial charge < -0.3 is 20.1 Å². The van der Waals surface area contributed by atoms with E-state index in [0.29, 0.717) is 46.0 Å². The second kappa shape index (κ2) is 11.1. The molecule has 8 nitrogen and oxygen atoms in total. The van der Waals surface area contributed by atoms with Gasteiger partial charge in [-0.25, -0.2) is 4.79 Å². The minimum absolute atomic E-state index is 0.0921. The molecule has 0 bridgehead atoms. The van der Waals surface area contributed by atoms with Crippen LogP contribution in [0.5, 0.6) is 5.75 Å². The fourth-order valence-electron chi connectivity index (χ4n) is 4.99. The SMILES string of the molecule is CC(C)(C)OC(=O)Nc1cccc(C(=O)Nc2cccc(C(=O)N3CC(CCl)c4c3cc(O)c3ccccc43)c2)c1. The van der Waals surface area contributed by atoms with Gasteiger partial charge >= 0.3 is 6.09 Å². The summed E-state index contributed by atoms with van der Waals surface area (Å²) < 4.78 is 5.27. The summed E-state index contributed by atoms with van der Waals surface area (Å²) in [5.41, 5.74) is 2.44. The number of alkyl halides is 1. The highest BCUT2D eigenvalue weighted by Crippen LogP contribution is 2.45. The third kappa shape index (κ3) is 5.98. The number of phenols is 1. The van der Waals surface area contributed by atoms with Gasteiger partial charge in [0.05, 0.1) is 5.69 Å². The van der Waals surface area contributed by atoms with Crippen LogP contribution < -0.4 is 15.5 Å². The van der Waals surface area contributed by atoms with E-state index in [-0.39, 0.29) is 17.6 Å². The highest BCUT2D eigenvalue weighted by molar-refractivity contribution is 6.19. The number of anilines is 3. The zero-order valence-corrected chi connectivity index (χ0v) is 23.7. The van der Waals surface area contributed by atoms with Gasteiger partial charge in [-0.2, -0.15) is 0 Å². The summed E-state index contributed by atoms with van der Waals surface area (Å²) >= 11 is 6.32. The van der Waals surface area contributed by atoms with E-state index in [1.807, 2.05) is 24.3 Å². The summed E-state index contributed by atoms with van der Waals surface area (Å²) in [6, 6.07) is 22.3. The molecule has 1 aliphatic heterocycles. The maximum absolute atomic E-state index is 13.7. The third-order valence-electron chi connectivity index (χ3n) is 6.71. The van der Waals surface area contributed by atoms with Gasteiger partial charge in [-0.3, -0.25) is 14.9 Å². The molecule has 0 saturated heterocycles. The lowest BCUT2D eigenvalue weighted by molar-refractivity contribution is 0.0635. The third-order valence-corrected chi connectivity index (χ3v) is 7.09. The quantitative estimate of drug-likeness (QED) is 0.221. The largest absolute Gasteiger partial charge is 0.507 e. The van der Waals surface area contributed by atoms with Crippen LogP contribution in [0.4, 0.5) is 21.9 Å². The topological polar surface area (TPSA) is 108 Å². The molecule has 1 heterocycles. The number of benzene rings is 4. The van der Waals surface area contributed by atoms with Crippen molar-refractivity contribution in [3.63, 3.8) is 0 Å². The second-order valence-electron chi connectivity index (χ2n) is 10.9. The summed E-state index contributed by atoms with van der Waals surface area (Å²) in [6.07, 6.45) is -0.623. The Bertz CT molecular complexity index is 1660. The molecule has 0 radical (unpaired) electrons. The number of amides is 3. The van der Waals surface area contributed by atoms with Crippen LogP contribution in [0.1, 0.15) is 53.0 Å². The van der Waals surface area contributed by atoms with Gasteiger partial charge in [0.15, 0.2) is 0 Å². The van der Waals surface area contributed by atoms with Crippen LogP contribution in [0.2, 0.25) is 0 Å². The van der Waals surface area contributed by atoms with E-state index in [4.69, 9.17) is 16.3 Å². The van der Waals surface area contributed by atoms with Crippen molar-refractivity contribution in [2.24, 2.45) is 0 Å². The first-order valence-electron chi connectivity index (χ1n) is 13.2. The van der Waals surface area contributed by atoms with Gasteiger partial charge in [-0.1, -0.05) is 36.4 Å². The molecule has 5 rings (SSSR count). The molecule has 1 unspecified atom stereocenters. The van der Waals surface area contributed by atoms with Crippen molar-refractivity contribution < 1.29 is 24.2 Å². The van der Waals surface area contributed by atoms with Crippen molar-refractivity contribution in [2.45, 2.75) is 32.3 Å². The van der Waals surface area contributed by atoms with Crippen molar-refractivity contribution in [3.8, 4) is 5.75 Å². The van der Waals surface area contributed by atoms with Crippen molar-refractivity contribution in [3.05, 3.63) is 95.6 Å². The van der Waals surface area contributed by atoms with Crippen LogP contribution in [0, 0.1) is 0 Å². The standard InChI is InChI=1S/C32H30ClN3O5/c1-32(2,3)41-31(40)35-23-11-6-8-19(14-23)29(38)34-22-10-7-9-20(15-22)30(39)36-18-21(17-33)28-25-13-5-4-12-24(25)27(37)16-26(28)36/h4-16,21,37H,17-18H2,1-3H3,(H,34,38)(H,35,40). The Balaban J connectivity index is 1.35. The summed E-state index contributed by atoms with van der Waals surface area (Å²) in [4.78, 5) is 40.5. The minimum atomic E-state index is -0.655. The number of halogens is 1. The normalized spacial score (nSPS) is 14.4. The van der Waals surface area contributed by atoms with Crippen LogP contribution in [0.15, 0.2) is 78.9 Å². The number of rotatable bonds is 5. The van der Waals surface area contributed by atoms with Crippen LogP contribution in [0.3, 0.4) is 0 Å². The first-order valence-corrected chi connectivity index (χ1v) is 13.7. The molecule has 3 N–H and O–H groups in total. The lowest BCUT2D eigenvalue weighted by Crippen LogP contribution is -2.30. The number of nitrogens with zero attached hydrogens (tertiary/aromatic N) is 1. The Labute approximate surface area is 242 Å². The fraction of sp³-hybridized carbons (Fsp3) is 0.219. The highest BCUT2D eigenvalue weighted by Gasteiger charge is 2.35. The van der Waals surface area contributed by atoms with E-state index >= 15 is 0 Å². The van der Waals surface area contributed by atoms with E-state index in [9.17, 15) is 19.5 Å². The molecule has 0 saturated carbocycles. The number of fused-ring (bicyclic) bond motifs is 3. The molecule has 1 atom stereocenters. The van der Waals surface area contributed by atoms with Crippen LogP contribution in [-0.4, -0.2) is 41.0 Å². The van der Waals surface area contributed by atoms with E-state index < -0.39 is 17.6 Å². The summed E-state index contributed by atoms with van der Waals surface area (Å²) in [7, 11) is 0. The zero-order valence-electron chi connectivity index (χ0n) is 22.9.